The highest BCUT2D eigenvalue weighted by Gasteiger charge is 2.27. The zero-order valence-electron chi connectivity index (χ0n) is 15.7. The van der Waals surface area contributed by atoms with Gasteiger partial charge in [0, 0.05) is 38.1 Å². The van der Waals surface area contributed by atoms with Crippen molar-refractivity contribution in [1.29, 1.82) is 0 Å². The third kappa shape index (κ3) is 4.79. The van der Waals surface area contributed by atoms with Gasteiger partial charge in [0.2, 0.25) is 11.8 Å². The lowest BCUT2D eigenvalue weighted by Gasteiger charge is -2.36. The van der Waals surface area contributed by atoms with Crippen LogP contribution in [0.2, 0.25) is 0 Å². The third-order valence-electron chi connectivity index (χ3n) is 5.37. The fraction of sp³-hybridized carbons (Fsp3) is 0.833. The SMILES string of the molecule is CC(C)c1noc(C(C)N2CCN(CC(=O)NC3CCCC3)CC2)n1. The summed E-state index contributed by atoms with van der Waals surface area (Å²) in [4.78, 5) is 21.3. The van der Waals surface area contributed by atoms with Gasteiger partial charge >= 0.3 is 0 Å². The van der Waals surface area contributed by atoms with E-state index >= 15 is 0 Å². The summed E-state index contributed by atoms with van der Waals surface area (Å²) in [5.41, 5.74) is 0. The Kier molecular flexibility index (Phi) is 6.06. The number of aromatic nitrogens is 2. The number of nitrogens with one attached hydrogen (secondary N) is 1. The largest absolute Gasteiger partial charge is 0.352 e. The van der Waals surface area contributed by atoms with E-state index in [2.05, 4.69) is 46.0 Å². The molecule has 1 amide bonds. The van der Waals surface area contributed by atoms with Crippen LogP contribution in [0.3, 0.4) is 0 Å². The summed E-state index contributed by atoms with van der Waals surface area (Å²) in [5, 5.41) is 7.23. The first-order valence-electron chi connectivity index (χ1n) is 9.62. The number of rotatable bonds is 6. The average molecular weight is 349 g/mol. The summed E-state index contributed by atoms with van der Waals surface area (Å²) >= 11 is 0. The minimum absolute atomic E-state index is 0.120. The van der Waals surface area contributed by atoms with Gasteiger partial charge in [-0.3, -0.25) is 14.6 Å². The number of hydrogen-bond donors (Lipinski definition) is 1. The molecular weight excluding hydrogens is 318 g/mol. The van der Waals surface area contributed by atoms with Crippen molar-refractivity contribution < 1.29 is 9.32 Å². The third-order valence-corrected chi connectivity index (χ3v) is 5.37. The van der Waals surface area contributed by atoms with Crippen LogP contribution in [0.5, 0.6) is 0 Å². The van der Waals surface area contributed by atoms with Crippen molar-refractivity contribution in [1.82, 2.24) is 25.3 Å². The van der Waals surface area contributed by atoms with E-state index in [1.807, 2.05) is 0 Å². The molecule has 1 saturated carbocycles. The second-order valence-electron chi connectivity index (χ2n) is 7.68. The first-order valence-corrected chi connectivity index (χ1v) is 9.62. The Balaban J connectivity index is 1.43. The van der Waals surface area contributed by atoms with Crippen molar-refractivity contribution in [2.75, 3.05) is 32.7 Å². The van der Waals surface area contributed by atoms with E-state index in [0.717, 1.165) is 44.8 Å². The van der Waals surface area contributed by atoms with Crippen molar-refractivity contribution >= 4 is 5.91 Å². The van der Waals surface area contributed by atoms with E-state index in [9.17, 15) is 4.79 Å². The highest BCUT2D eigenvalue weighted by molar-refractivity contribution is 5.78. The second kappa shape index (κ2) is 8.27. The van der Waals surface area contributed by atoms with E-state index < -0.39 is 0 Å². The molecule has 0 aromatic carbocycles. The van der Waals surface area contributed by atoms with E-state index in [1.165, 1.54) is 12.8 Å². The normalized spacial score (nSPS) is 21.8. The van der Waals surface area contributed by atoms with E-state index in [1.54, 1.807) is 0 Å². The zero-order chi connectivity index (χ0) is 17.8. The smallest absolute Gasteiger partial charge is 0.243 e. The molecule has 2 aliphatic rings. The molecule has 1 aliphatic heterocycles. The number of amides is 1. The van der Waals surface area contributed by atoms with Crippen LogP contribution in [0.25, 0.3) is 0 Å². The zero-order valence-corrected chi connectivity index (χ0v) is 15.7. The summed E-state index contributed by atoms with van der Waals surface area (Å²) in [6.07, 6.45) is 4.77. The van der Waals surface area contributed by atoms with Gasteiger partial charge in [-0.1, -0.05) is 31.8 Å². The van der Waals surface area contributed by atoms with Gasteiger partial charge in [-0.25, -0.2) is 0 Å². The number of hydrogen-bond acceptors (Lipinski definition) is 6. The molecule has 2 heterocycles. The minimum atomic E-state index is 0.120. The maximum atomic E-state index is 12.2. The number of nitrogens with zero attached hydrogens (tertiary/aromatic N) is 4. The van der Waals surface area contributed by atoms with Crippen LogP contribution in [0.4, 0.5) is 0 Å². The Labute approximate surface area is 150 Å². The molecule has 1 atom stereocenters. The maximum absolute atomic E-state index is 12.2. The quantitative estimate of drug-likeness (QED) is 0.846. The van der Waals surface area contributed by atoms with Crippen molar-refractivity contribution in [3.05, 3.63) is 11.7 Å². The van der Waals surface area contributed by atoms with Gasteiger partial charge in [0.15, 0.2) is 5.82 Å². The van der Waals surface area contributed by atoms with Crippen molar-refractivity contribution in [3.8, 4) is 0 Å². The van der Waals surface area contributed by atoms with Crippen LogP contribution < -0.4 is 5.32 Å². The van der Waals surface area contributed by atoms with Crippen molar-refractivity contribution in [2.24, 2.45) is 0 Å². The monoisotopic (exact) mass is 349 g/mol. The van der Waals surface area contributed by atoms with E-state index in [-0.39, 0.29) is 17.9 Å². The van der Waals surface area contributed by atoms with Crippen LogP contribution in [0.1, 0.15) is 70.1 Å². The van der Waals surface area contributed by atoms with Gasteiger partial charge in [-0.15, -0.1) is 0 Å². The lowest BCUT2D eigenvalue weighted by Crippen LogP contribution is -2.50. The Morgan fingerprint density at radius 3 is 2.48 bits per heavy atom. The predicted molar refractivity (Wildman–Crippen MR) is 95.2 cm³/mol. The average Bonchev–Trinajstić information content (AvgIpc) is 3.26. The molecule has 2 fully saturated rings. The van der Waals surface area contributed by atoms with Crippen LogP contribution in [0.15, 0.2) is 4.52 Å². The molecule has 0 radical (unpaired) electrons. The molecule has 1 aromatic heterocycles. The second-order valence-corrected chi connectivity index (χ2v) is 7.68. The van der Waals surface area contributed by atoms with Gasteiger partial charge in [0.05, 0.1) is 12.6 Å². The Morgan fingerprint density at radius 2 is 1.88 bits per heavy atom. The molecule has 1 aliphatic carbocycles. The molecule has 3 rings (SSSR count). The van der Waals surface area contributed by atoms with Gasteiger partial charge in [-0.2, -0.15) is 4.98 Å². The molecule has 1 N–H and O–H groups in total. The lowest BCUT2D eigenvalue weighted by molar-refractivity contribution is -0.123. The van der Waals surface area contributed by atoms with Gasteiger partial charge in [0.25, 0.3) is 0 Å². The number of carbonyl (C=O) groups is 1. The van der Waals surface area contributed by atoms with Crippen LogP contribution in [-0.4, -0.2) is 64.6 Å². The standard InChI is InChI=1S/C18H31N5O2/c1-13(2)17-20-18(25-21-17)14(3)23-10-8-22(9-11-23)12-16(24)19-15-6-4-5-7-15/h13-15H,4-12H2,1-3H3,(H,19,24). The Hall–Kier alpha value is -1.47. The molecule has 1 aromatic rings. The van der Waals surface area contributed by atoms with Crippen LogP contribution >= 0.6 is 0 Å². The van der Waals surface area contributed by atoms with Crippen LogP contribution in [0, 0.1) is 0 Å². The minimum Gasteiger partial charge on any atom is -0.352 e. The Morgan fingerprint density at radius 1 is 1.20 bits per heavy atom. The first-order chi connectivity index (χ1) is 12.0. The maximum Gasteiger partial charge on any atom is 0.243 e. The van der Waals surface area contributed by atoms with Gasteiger partial charge in [-0.05, 0) is 19.8 Å². The highest BCUT2D eigenvalue weighted by Crippen LogP contribution is 2.22. The summed E-state index contributed by atoms with van der Waals surface area (Å²) in [7, 11) is 0. The summed E-state index contributed by atoms with van der Waals surface area (Å²) < 4.78 is 5.43. The molecule has 7 nitrogen and oxygen atoms in total. The molecule has 25 heavy (non-hydrogen) atoms. The first kappa shape index (κ1) is 18.3. The molecule has 0 bridgehead atoms. The van der Waals surface area contributed by atoms with Gasteiger partial charge < -0.3 is 9.84 Å². The lowest BCUT2D eigenvalue weighted by atomic mass is 10.2. The summed E-state index contributed by atoms with van der Waals surface area (Å²) in [6, 6.07) is 0.524. The topological polar surface area (TPSA) is 74.5 Å². The summed E-state index contributed by atoms with van der Waals surface area (Å²) in [6.45, 7) is 10.4. The molecule has 1 saturated heterocycles. The van der Waals surface area contributed by atoms with E-state index in [4.69, 9.17) is 4.52 Å². The fourth-order valence-electron chi connectivity index (χ4n) is 3.66. The van der Waals surface area contributed by atoms with Crippen molar-refractivity contribution in [2.45, 2.75) is 64.5 Å². The van der Waals surface area contributed by atoms with Gasteiger partial charge in [0.1, 0.15) is 0 Å². The predicted octanol–water partition coefficient (Wildman–Crippen LogP) is 1.93. The Bertz CT molecular complexity index is 560. The highest BCUT2D eigenvalue weighted by atomic mass is 16.5. The van der Waals surface area contributed by atoms with Crippen molar-refractivity contribution in [3.63, 3.8) is 0 Å². The molecule has 1 unspecified atom stereocenters. The summed E-state index contributed by atoms with van der Waals surface area (Å²) in [5.74, 6) is 1.91. The number of piperazine rings is 1. The molecular formula is C18H31N5O2. The van der Waals surface area contributed by atoms with E-state index in [0.29, 0.717) is 18.5 Å². The molecule has 7 heteroatoms. The van der Waals surface area contributed by atoms with Crippen LogP contribution in [-0.2, 0) is 4.79 Å². The molecule has 140 valence electrons. The number of carbonyl (C=O) groups excluding carboxylic acids is 1. The molecule has 0 spiro atoms. The fourth-order valence-corrected chi connectivity index (χ4v) is 3.66.